The van der Waals surface area contributed by atoms with E-state index in [1.165, 1.54) is 30.1 Å². The Morgan fingerprint density at radius 3 is 2.48 bits per heavy atom. The minimum atomic E-state index is -1.12. The second-order valence-electron chi connectivity index (χ2n) is 8.81. The number of aliphatic carboxylic acids is 1. The standard InChI is InChI=1S/C26H25FN6O7/c1-14-26-16(17-9-20-15(8-18(17)27)10-30-33(20)23(36)6-7-24(37)38)4-3-5-19(26)32(31-14)13-22(35)28-11-21(34)29-12-25(39)40-2/h3-5,8-10H,6-7,11-13H2,1-2H3,(H,28,35)(H,29,34)(H,37,38). The van der Waals surface area contributed by atoms with Crippen LogP contribution in [0.4, 0.5) is 4.39 Å². The molecule has 0 saturated heterocycles. The molecule has 0 spiro atoms. The van der Waals surface area contributed by atoms with Gasteiger partial charge in [-0.15, -0.1) is 0 Å². The van der Waals surface area contributed by atoms with Gasteiger partial charge in [0.1, 0.15) is 18.9 Å². The third-order valence-corrected chi connectivity index (χ3v) is 6.09. The van der Waals surface area contributed by atoms with E-state index in [-0.39, 0.29) is 38.0 Å². The van der Waals surface area contributed by atoms with Crippen molar-refractivity contribution in [3.05, 3.63) is 48.0 Å². The molecule has 208 valence electrons. The van der Waals surface area contributed by atoms with E-state index in [4.69, 9.17) is 5.11 Å². The Morgan fingerprint density at radius 1 is 1.00 bits per heavy atom. The number of aromatic nitrogens is 4. The van der Waals surface area contributed by atoms with Gasteiger partial charge >= 0.3 is 11.9 Å². The van der Waals surface area contributed by atoms with E-state index in [0.717, 1.165) is 4.68 Å². The second kappa shape index (κ2) is 11.7. The third kappa shape index (κ3) is 5.95. The average Bonchev–Trinajstić information content (AvgIpc) is 3.48. The number of carbonyl (C=O) groups excluding carboxylic acids is 4. The first-order valence-electron chi connectivity index (χ1n) is 12.1. The molecular formula is C26H25FN6O7. The van der Waals surface area contributed by atoms with Gasteiger partial charge in [-0.2, -0.15) is 10.2 Å². The number of hydrogen-bond donors (Lipinski definition) is 3. The Balaban J connectivity index is 1.60. The maximum atomic E-state index is 15.3. The van der Waals surface area contributed by atoms with Gasteiger partial charge in [-0.05, 0) is 30.7 Å². The molecule has 3 N–H and O–H groups in total. The summed E-state index contributed by atoms with van der Waals surface area (Å²) in [7, 11) is 1.19. The Bertz CT molecular complexity index is 1660. The van der Waals surface area contributed by atoms with E-state index in [9.17, 15) is 24.0 Å². The van der Waals surface area contributed by atoms with Gasteiger partial charge in [0.25, 0.3) is 0 Å². The molecule has 14 heteroatoms. The quantitative estimate of drug-likeness (QED) is 0.246. The summed E-state index contributed by atoms with van der Waals surface area (Å²) < 4.78 is 22.2. The number of benzene rings is 2. The number of nitrogens with zero attached hydrogens (tertiary/aromatic N) is 4. The Hall–Kier alpha value is -5.14. The van der Waals surface area contributed by atoms with Crippen LogP contribution < -0.4 is 10.6 Å². The van der Waals surface area contributed by atoms with Crippen LogP contribution in [0.25, 0.3) is 32.9 Å². The number of amides is 2. The van der Waals surface area contributed by atoms with Crippen molar-refractivity contribution >= 4 is 51.5 Å². The summed E-state index contributed by atoms with van der Waals surface area (Å²) in [4.78, 5) is 58.9. The van der Waals surface area contributed by atoms with E-state index in [0.29, 0.717) is 33.1 Å². The van der Waals surface area contributed by atoms with Crippen LogP contribution in [-0.4, -0.2) is 74.5 Å². The summed E-state index contributed by atoms with van der Waals surface area (Å²) in [6.07, 6.45) is 0.700. The van der Waals surface area contributed by atoms with Crippen LogP contribution in [0.3, 0.4) is 0 Å². The average molecular weight is 553 g/mol. The van der Waals surface area contributed by atoms with Crippen molar-refractivity contribution in [1.29, 1.82) is 0 Å². The minimum Gasteiger partial charge on any atom is -0.481 e. The topological polar surface area (TPSA) is 175 Å². The lowest BCUT2D eigenvalue weighted by atomic mass is 9.98. The lowest BCUT2D eigenvalue weighted by Gasteiger charge is -2.09. The van der Waals surface area contributed by atoms with Gasteiger partial charge in [0.05, 0.1) is 43.0 Å². The Labute approximate surface area is 225 Å². The molecule has 4 rings (SSSR count). The molecule has 0 fully saturated rings. The van der Waals surface area contributed by atoms with E-state index in [1.54, 1.807) is 25.1 Å². The number of carboxylic acids is 1. The number of fused-ring (bicyclic) bond motifs is 2. The van der Waals surface area contributed by atoms with Crippen molar-refractivity contribution in [2.75, 3.05) is 20.2 Å². The monoisotopic (exact) mass is 552 g/mol. The van der Waals surface area contributed by atoms with Gasteiger partial charge in [-0.25, -0.2) is 9.07 Å². The number of aryl methyl sites for hydroxylation is 1. The van der Waals surface area contributed by atoms with E-state index in [1.807, 2.05) is 0 Å². The summed E-state index contributed by atoms with van der Waals surface area (Å²) in [5, 5.41) is 23.0. The summed E-state index contributed by atoms with van der Waals surface area (Å²) >= 11 is 0. The molecule has 2 amide bonds. The predicted molar refractivity (Wildman–Crippen MR) is 139 cm³/mol. The molecule has 0 saturated carbocycles. The SMILES string of the molecule is COC(=O)CNC(=O)CNC(=O)Cn1nc(C)c2c(-c3cc4c(cnn4C(=O)CCC(=O)O)cc3F)cccc21. The highest BCUT2D eigenvalue weighted by Crippen LogP contribution is 2.34. The number of esters is 1. The van der Waals surface area contributed by atoms with Crippen LogP contribution in [-0.2, 0) is 30.5 Å². The first-order valence-corrected chi connectivity index (χ1v) is 12.1. The van der Waals surface area contributed by atoms with Crippen molar-refractivity contribution < 1.29 is 38.2 Å². The van der Waals surface area contributed by atoms with Crippen LogP contribution >= 0.6 is 0 Å². The summed E-state index contributed by atoms with van der Waals surface area (Å²) in [5.41, 5.74) is 2.00. The van der Waals surface area contributed by atoms with Gasteiger partial charge < -0.3 is 20.5 Å². The summed E-state index contributed by atoms with van der Waals surface area (Å²) in [6.45, 7) is 0.793. The predicted octanol–water partition coefficient (Wildman–Crippen LogP) is 1.41. The fraction of sp³-hybridized carbons (Fsp3) is 0.269. The van der Waals surface area contributed by atoms with Gasteiger partial charge in [0.15, 0.2) is 0 Å². The highest BCUT2D eigenvalue weighted by Gasteiger charge is 2.20. The first kappa shape index (κ1) is 27.9. The first-order chi connectivity index (χ1) is 19.1. The number of ether oxygens (including phenoxy) is 1. The lowest BCUT2D eigenvalue weighted by molar-refractivity contribution is -0.141. The lowest BCUT2D eigenvalue weighted by Crippen LogP contribution is -2.40. The van der Waals surface area contributed by atoms with Crippen LogP contribution in [0.5, 0.6) is 0 Å². The summed E-state index contributed by atoms with van der Waals surface area (Å²) in [6, 6.07) is 7.79. The Kier molecular flexibility index (Phi) is 8.17. The summed E-state index contributed by atoms with van der Waals surface area (Å²) in [5.74, 6) is -3.94. The van der Waals surface area contributed by atoms with Crippen LogP contribution in [0.2, 0.25) is 0 Å². The minimum absolute atomic E-state index is 0.167. The molecule has 0 aliphatic carbocycles. The number of nitrogens with one attached hydrogen (secondary N) is 2. The van der Waals surface area contributed by atoms with Crippen molar-refractivity contribution in [3.63, 3.8) is 0 Å². The van der Waals surface area contributed by atoms with Gasteiger partial charge in [0.2, 0.25) is 17.7 Å². The zero-order valence-electron chi connectivity index (χ0n) is 21.6. The number of halogens is 1. The third-order valence-electron chi connectivity index (χ3n) is 6.09. The number of carboxylic acid groups (broad SMARTS) is 1. The number of carbonyl (C=O) groups is 5. The fourth-order valence-corrected chi connectivity index (χ4v) is 4.21. The van der Waals surface area contributed by atoms with Gasteiger partial charge in [-0.3, -0.25) is 28.7 Å². The van der Waals surface area contributed by atoms with E-state index >= 15 is 4.39 Å². The molecule has 0 aliphatic rings. The molecule has 2 heterocycles. The van der Waals surface area contributed by atoms with Crippen molar-refractivity contribution in [2.24, 2.45) is 0 Å². The van der Waals surface area contributed by atoms with Gasteiger partial charge in [0, 0.05) is 22.8 Å². The zero-order valence-corrected chi connectivity index (χ0v) is 21.6. The van der Waals surface area contributed by atoms with E-state index < -0.39 is 35.5 Å². The number of methoxy groups -OCH3 is 1. The maximum absolute atomic E-state index is 15.3. The van der Waals surface area contributed by atoms with Crippen LogP contribution in [0.15, 0.2) is 36.5 Å². The van der Waals surface area contributed by atoms with E-state index in [2.05, 4.69) is 25.6 Å². The Morgan fingerprint density at radius 2 is 1.75 bits per heavy atom. The molecule has 2 aromatic heterocycles. The van der Waals surface area contributed by atoms with Crippen LogP contribution in [0, 0.1) is 12.7 Å². The van der Waals surface area contributed by atoms with Crippen molar-refractivity contribution in [2.45, 2.75) is 26.3 Å². The normalized spacial score (nSPS) is 11.0. The molecule has 13 nitrogen and oxygen atoms in total. The molecule has 0 unspecified atom stereocenters. The molecule has 0 atom stereocenters. The molecular weight excluding hydrogens is 527 g/mol. The van der Waals surface area contributed by atoms with Crippen molar-refractivity contribution in [3.8, 4) is 11.1 Å². The van der Waals surface area contributed by atoms with Crippen molar-refractivity contribution in [1.82, 2.24) is 30.2 Å². The zero-order chi connectivity index (χ0) is 29.0. The molecule has 40 heavy (non-hydrogen) atoms. The fourth-order valence-electron chi connectivity index (χ4n) is 4.21. The highest BCUT2D eigenvalue weighted by atomic mass is 19.1. The highest BCUT2D eigenvalue weighted by molar-refractivity contribution is 6.01. The molecule has 0 aliphatic heterocycles. The maximum Gasteiger partial charge on any atom is 0.325 e. The van der Waals surface area contributed by atoms with Gasteiger partial charge in [-0.1, -0.05) is 12.1 Å². The molecule has 0 radical (unpaired) electrons. The smallest absolute Gasteiger partial charge is 0.325 e. The molecule has 2 aromatic carbocycles. The number of hydrogen-bond acceptors (Lipinski definition) is 8. The van der Waals surface area contributed by atoms with Crippen LogP contribution in [0.1, 0.15) is 23.3 Å². The second-order valence-corrected chi connectivity index (χ2v) is 8.81. The molecule has 0 bridgehead atoms. The largest absolute Gasteiger partial charge is 0.481 e. The number of rotatable bonds is 10. The molecule has 4 aromatic rings.